The minimum absolute atomic E-state index is 0.0818. The summed E-state index contributed by atoms with van der Waals surface area (Å²) in [4.78, 5) is 27.5. The minimum atomic E-state index is -0.456. The van der Waals surface area contributed by atoms with Gasteiger partial charge in [0.05, 0.1) is 25.3 Å². The predicted molar refractivity (Wildman–Crippen MR) is 123 cm³/mol. The van der Waals surface area contributed by atoms with Crippen LogP contribution in [0.4, 0.5) is 10.5 Å². The average Bonchev–Trinajstić information content (AvgIpc) is 3.65. The third-order valence-electron chi connectivity index (χ3n) is 6.61. The van der Waals surface area contributed by atoms with Crippen LogP contribution in [0.5, 0.6) is 11.5 Å². The monoisotopic (exact) mass is 437 g/mol. The fraction of sp³-hybridized carbons (Fsp3) is 0.440. The van der Waals surface area contributed by atoms with Crippen LogP contribution in [-0.4, -0.2) is 50.7 Å². The summed E-state index contributed by atoms with van der Waals surface area (Å²) in [5, 5.41) is 6.11. The Labute approximate surface area is 189 Å². The van der Waals surface area contributed by atoms with Crippen LogP contribution in [0.1, 0.15) is 31.2 Å². The molecule has 7 heteroatoms. The van der Waals surface area contributed by atoms with Gasteiger partial charge >= 0.3 is 6.03 Å². The lowest BCUT2D eigenvalue weighted by Gasteiger charge is -2.32. The number of urea groups is 1. The van der Waals surface area contributed by atoms with Gasteiger partial charge in [-0.25, -0.2) is 4.79 Å². The SMILES string of the molecule is COc1ccccc1NC(=O)N1CCC(CNC(=O)C2(c3ccccc3OC)CC2)CC1. The number of hydrogen-bond donors (Lipinski definition) is 2. The zero-order valence-electron chi connectivity index (χ0n) is 18.7. The molecule has 32 heavy (non-hydrogen) atoms. The first-order valence-electron chi connectivity index (χ1n) is 11.2. The Kier molecular flexibility index (Phi) is 6.53. The van der Waals surface area contributed by atoms with Crippen molar-refractivity contribution in [1.29, 1.82) is 0 Å². The summed E-state index contributed by atoms with van der Waals surface area (Å²) < 4.78 is 10.8. The molecule has 2 aliphatic rings. The number of carbonyl (C=O) groups is 2. The van der Waals surface area contributed by atoms with E-state index in [0.29, 0.717) is 37.0 Å². The maximum atomic E-state index is 13.0. The lowest BCUT2D eigenvalue weighted by molar-refractivity contribution is -0.123. The molecule has 7 nitrogen and oxygen atoms in total. The van der Waals surface area contributed by atoms with Gasteiger partial charge in [0.2, 0.25) is 5.91 Å². The van der Waals surface area contributed by atoms with Crippen molar-refractivity contribution in [2.45, 2.75) is 31.1 Å². The van der Waals surface area contributed by atoms with Gasteiger partial charge < -0.3 is 25.0 Å². The molecular weight excluding hydrogens is 406 g/mol. The zero-order chi connectivity index (χ0) is 22.6. The molecule has 0 unspecified atom stereocenters. The number of rotatable bonds is 7. The van der Waals surface area contributed by atoms with Crippen molar-refractivity contribution in [3.05, 3.63) is 54.1 Å². The molecule has 0 aromatic heterocycles. The van der Waals surface area contributed by atoms with E-state index in [1.807, 2.05) is 53.4 Å². The summed E-state index contributed by atoms with van der Waals surface area (Å²) in [5.74, 6) is 1.86. The quantitative estimate of drug-likeness (QED) is 0.691. The third kappa shape index (κ3) is 4.52. The number of likely N-dealkylation sites (tertiary alicyclic amines) is 1. The number of benzene rings is 2. The fourth-order valence-corrected chi connectivity index (χ4v) is 4.47. The number of amides is 3. The molecule has 1 aliphatic carbocycles. The van der Waals surface area contributed by atoms with Crippen LogP contribution in [0, 0.1) is 5.92 Å². The molecule has 1 heterocycles. The van der Waals surface area contributed by atoms with Gasteiger partial charge in [-0.1, -0.05) is 30.3 Å². The summed E-state index contributed by atoms with van der Waals surface area (Å²) in [6.45, 7) is 1.97. The summed E-state index contributed by atoms with van der Waals surface area (Å²) in [6.07, 6.45) is 3.42. The molecule has 1 aliphatic heterocycles. The van der Waals surface area contributed by atoms with E-state index in [4.69, 9.17) is 9.47 Å². The number of piperidine rings is 1. The van der Waals surface area contributed by atoms with Gasteiger partial charge in [0, 0.05) is 25.2 Å². The van der Waals surface area contributed by atoms with Gasteiger partial charge in [0.1, 0.15) is 11.5 Å². The third-order valence-corrected chi connectivity index (χ3v) is 6.61. The summed E-state index contributed by atoms with van der Waals surface area (Å²) in [5.41, 5.74) is 1.19. The van der Waals surface area contributed by atoms with E-state index >= 15 is 0 Å². The van der Waals surface area contributed by atoms with E-state index in [1.54, 1.807) is 14.2 Å². The molecule has 0 atom stereocenters. The maximum absolute atomic E-state index is 13.0. The number of nitrogens with zero attached hydrogens (tertiary/aromatic N) is 1. The molecule has 2 aromatic carbocycles. The standard InChI is InChI=1S/C25H31N3O4/c1-31-21-9-5-3-7-19(21)25(13-14-25)23(29)26-17-18-11-15-28(16-12-18)24(30)27-20-8-4-6-10-22(20)32-2/h3-10,18H,11-17H2,1-2H3,(H,26,29)(H,27,30). The molecule has 170 valence electrons. The van der Waals surface area contributed by atoms with Gasteiger partial charge in [-0.05, 0) is 49.8 Å². The van der Waals surface area contributed by atoms with Gasteiger partial charge in [-0.15, -0.1) is 0 Å². The normalized spacial score (nSPS) is 17.4. The topological polar surface area (TPSA) is 79.9 Å². The largest absolute Gasteiger partial charge is 0.496 e. The molecule has 0 radical (unpaired) electrons. The molecule has 2 N–H and O–H groups in total. The highest BCUT2D eigenvalue weighted by Crippen LogP contribution is 2.51. The van der Waals surface area contributed by atoms with Crippen LogP contribution in [0.3, 0.4) is 0 Å². The molecule has 1 saturated carbocycles. The molecule has 4 rings (SSSR count). The van der Waals surface area contributed by atoms with Gasteiger partial charge in [-0.2, -0.15) is 0 Å². The van der Waals surface area contributed by atoms with Gasteiger partial charge in [0.15, 0.2) is 0 Å². The highest BCUT2D eigenvalue weighted by Gasteiger charge is 2.52. The first-order chi connectivity index (χ1) is 15.6. The lowest BCUT2D eigenvalue weighted by atomic mass is 9.92. The van der Waals surface area contributed by atoms with E-state index in [-0.39, 0.29) is 11.9 Å². The smallest absolute Gasteiger partial charge is 0.321 e. The number of ether oxygens (including phenoxy) is 2. The van der Waals surface area contributed by atoms with E-state index in [2.05, 4.69) is 10.6 Å². The number of anilines is 1. The Morgan fingerprint density at radius 1 is 0.969 bits per heavy atom. The van der Waals surface area contributed by atoms with Gasteiger partial charge in [-0.3, -0.25) is 4.79 Å². The molecule has 0 spiro atoms. The maximum Gasteiger partial charge on any atom is 0.321 e. The number of hydrogen-bond acceptors (Lipinski definition) is 4. The second kappa shape index (κ2) is 9.51. The van der Waals surface area contributed by atoms with E-state index < -0.39 is 5.41 Å². The predicted octanol–water partition coefficient (Wildman–Crippen LogP) is 3.80. The lowest BCUT2D eigenvalue weighted by Crippen LogP contribution is -2.44. The van der Waals surface area contributed by atoms with Crippen LogP contribution in [-0.2, 0) is 10.2 Å². The van der Waals surface area contributed by atoms with E-state index in [1.165, 1.54) is 0 Å². The van der Waals surface area contributed by atoms with Crippen molar-refractivity contribution < 1.29 is 19.1 Å². The van der Waals surface area contributed by atoms with Crippen LogP contribution in [0.2, 0.25) is 0 Å². The highest BCUT2D eigenvalue weighted by atomic mass is 16.5. The minimum Gasteiger partial charge on any atom is -0.496 e. The molecule has 2 fully saturated rings. The summed E-state index contributed by atoms with van der Waals surface area (Å²) >= 11 is 0. The van der Waals surface area contributed by atoms with Crippen LogP contribution in [0.15, 0.2) is 48.5 Å². The van der Waals surface area contributed by atoms with Crippen molar-refractivity contribution >= 4 is 17.6 Å². The number of carbonyl (C=O) groups excluding carboxylic acids is 2. The Morgan fingerprint density at radius 2 is 1.59 bits per heavy atom. The molecule has 0 bridgehead atoms. The Hall–Kier alpha value is -3.22. The molecule has 1 saturated heterocycles. The number of para-hydroxylation sites is 3. The molecule has 2 aromatic rings. The van der Waals surface area contributed by atoms with Crippen molar-refractivity contribution in [3.63, 3.8) is 0 Å². The Balaban J connectivity index is 1.26. The van der Waals surface area contributed by atoms with Crippen molar-refractivity contribution in [1.82, 2.24) is 10.2 Å². The fourth-order valence-electron chi connectivity index (χ4n) is 4.47. The highest BCUT2D eigenvalue weighted by molar-refractivity contribution is 5.92. The second-order valence-electron chi connectivity index (χ2n) is 8.55. The van der Waals surface area contributed by atoms with Crippen LogP contribution >= 0.6 is 0 Å². The van der Waals surface area contributed by atoms with Crippen molar-refractivity contribution in [3.8, 4) is 11.5 Å². The molecule has 3 amide bonds. The average molecular weight is 438 g/mol. The Bertz CT molecular complexity index is 965. The van der Waals surface area contributed by atoms with Gasteiger partial charge in [0.25, 0.3) is 0 Å². The van der Waals surface area contributed by atoms with Crippen LogP contribution in [0.25, 0.3) is 0 Å². The number of methoxy groups -OCH3 is 2. The van der Waals surface area contributed by atoms with E-state index in [9.17, 15) is 9.59 Å². The number of nitrogens with one attached hydrogen (secondary N) is 2. The summed E-state index contributed by atoms with van der Waals surface area (Å²) in [6, 6.07) is 15.0. The zero-order valence-corrected chi connectivity index (χ0v) is 18.7. The van der Waals surface area contributed by atoms with E-state index in [0.717, 1.165) is 37.0 Å². The first kappa shape index (κ1) is 22.0. The first-order valence-corrected chi connectivity index (χ1v) is 11.2. The van der Waals surface area contributed by atoms with Crippen molar-refractivity contribution in [2.75, 3.05) is 39.2 Å². The summed E-state index contributed by atoms with van der Waals surface area (Å²) in [7, 11) is 3.23. The van der Waals surface area contributed by atoms with Crippen LogP contribution < -0.4 is 20.1 Å². The Morgan fingerprint density at radius 3 is 2.25 bits per heavy atom. The second-order valence-corrected chi connectivity index (χ2v) is 8.55. The molecular formula is C25H31N3O4. The van der Waals surface area contributed by atoms with Crippen molar-refractivity contribution in [2.24, 2.45) is 5.92 Å².